The van der Waals surface area contributed by atoms with Gasteiger partial charge in [-0.2, -0.15) is 26.6 Å². The van der Waals surface area contributed by atoms with Crippen LogP contribution in [-0.2, 0) is 10.4 Å². The molecule has 0 heterocycles. The Kier molecular flexibility index (Phi) is 5.32. The molecular formula is C7H5NaO5S. The van der Waals surface area contributed by atoms with Gasteiger partial charge in [0.15, 0.2) is 0 Å². The van der Waals surface area contributed by atoms with Crippen LogP contribution in [0.2, 0.25) is 0 Å². The third-order valence-electron chi connectivity index (χ3n) is 1.16. The zero-order chi connectivity index (χ0) is 9.90. The smallest absolute Gasteiger partial charge is 0.388 e. The van der Waals surface area contributed by atoms with Gasteiger partial charge in [0.05, 0.1) is 6.29 Å². The number of hydrogen-bond acceptors (Lipinski definition) is 4. The minimum absolute atomic E-state index is 0. The van der Waals surface area contributed by atoms with Gasteiger partial charge >= 0.3 is 40.0 Å². The van der Waals surface area contributed by atoms with Crippen LogP contribution in [-0.4, -0.2) is 19.3 Å². The van der Waals surface area contributed by atoms with E-state index in [1.165, 1.54) is 18.2 Å². The number of carbonyl (C=O) groups is 1. The molecule has 0 fully saturated rings. The summed E-state index contributed by atoms with van der Waals surface area (Å²) in [6, 6.07) is 6.53. The summed E-state index contributed by atoms with van der Waals surface area (Å²) in [4.78, 5) is 10.3. The molecule has 1 aromatic carbocycles. The van der Waals surface area contributed by atoms with E-state index in [0.29, 0.717) is 6.29 Å². The maximum absolute atomic E-state index is 10.3. The van der Waals surface area contributed by atoms with E-state index in [9.17, 15) is 13.2 Å². The molecule has 0 amide bonds. The molecule has 0 radical (unpaired) electrons. The zero-order valence-corrected chi connectivity index (χ0v) is 10.1. The second-order valence-electron chi connectivity index (χ2n) is 2.08. The molecule has 0 aromatic heterocycles. The van der Waals surface area contributed by atoms with Gasteiger partial charge in [0.25, 0.3) is 0 Å². The topological polar surface area (TPSA) is 80.7 Å². The van der Waals surface area contributed by atoms with Crippen molar-refractivity contribution in [2.45, 2.75) is 0 Å². The Labute approximate surface area is 103 Å². The van der Waals surface area contributed by atoms with Gasteiger partial charge in [-0.1, -0.05) is 5.56 Å². The molecular weight excluding hydrogens is 219 g/mol. The van der Waals surface area contributed by atoms with Gasteiger partial charge in [0.1, 0.15) is 0 Å². The molecule has 14 heavy (non-hydrogen) atoms. The summed E-state index contributed by atoms with van der Waals surface area (Å²) in [7, 11) is -4.60. The molecule has 0 aliphatic heterocycles. The van der Waals surface area contributed by atoms with E-state index in [1.807, 2.05) is 0 Å². The standard InChI is InChI=1S/C7H5O5S.Na/c8-5-6-3-1-2-4-7(6)12-13(9,10)11;/h1-3,5H,(H,9,10,11);/q-1;+1. The fraction of sp³-hybridized carbons (Fsp3) is 0. The monoisotopic (exact) mass is 224 g/mol. The van der Waals surface area contributed by atoms with Gasteiger partial charge in [-0.05, 0) is 0 Å². The van der Waals surface area contributed by atoms with E-state index < -0.39 is 10.4 Å². The maximum atomic E-state index is 10.3. The van der Waals surface area contributed by atoms with Crippen LogP contribution in [0, 0.1) is 6.07 Å². The van der Waals surface area contributed by atoms with Crippen LogP contribution in [0.25, 0.3) is 0 Å². The first-order valence-electron chi connectivity index (χ1n) is 3.16. The quantitative estimate of drug-likeness (QED) is 0.265. The Balaban J connectivity index is 0.00000169. The van der Waals surface area contributed by atoms with E-state index in [2.05, 4.69) is 10.2 Å². The van der Waals surface area contributed by atoms with Crippen LogP contribution in [0.15, 0.2) is 18.2 Å². The van der Waals surface area contributed by atoms with Gasteiger partial charge in [0, 0.05) is 5.75 Å². The minimum atomic E-state index is -4.60. The molecule has 1 rings (SSSR count). The number of aldehydes is 1. The number of benzene rings is 1. The summed E-state index contributed by atoms with van der Waals surface area (Å²) in [5.74, 6) is -0.319. The SMILES string of the molecule is O=Cc1ccc[c-]c1OS(=O)(=O)O.[Na+]. The number of hydrogen-bond donors (Lipinski definition) is 1. The predicted molar refractivity (Wildman–Crippen MR) is 42.8 cm³/mol. The van der Waals surface area contributed by atoms with Crippen molar-refractivity contribution in [3.63, 3.8) is 0 Å². The molecule has 1 aromatic rings. The molecule has 0 bridgehead atoms. The molecule has 0 saturated carbocycles. The summed E-state index contributed by atoms with van der Waals surface area (Å²) in [5, 5.41) is 0. The summed E-state index contributed by atoms with van der Waals surface area (Å²) in [6.07, 6.45) is 0.400. The summed E-state index contributed by atoms with van der Waals surface area (Å²) >= 11 is 0. The summed E-state index contributed by atoms with van der Waals surface area (Å²) in [5.41, 5.74) is 0.000116. The first-order chi connectivity index (χ1) is 6.03. The van der Waals surface area contributed by atoms with Crippen molar-refractivity contribution in [2.24, 2.45) is 0 Å². The van der Waals surface area contributed by atoms with E-state index in [1.54, 1.807) is 0 Å². The van der Waals surface area contributed by atoms with Crippen molar-refractivity contribution in [1.29, 1.82) is 0 Å². The van der Waals surface area contributed by atoms with Crippen molar-refractivity contribution in [3.8, 4) is 5.75 Å². The Hall–Kier alpha value is -0.400. The van der Waals surface area contributed by atoms with Crippen molar-refractivity contribution >= 4 is 16.7 Å². The molecule has 0 unspecified atom stereocenters. The van der Waals surface area contributed by atoms with Gasteiger partial charge in [0.2, 0.25) is 0 Å². The molecule has 1 N–H and O–H groups in total. The van der Waals surface area contributed by atoms with Crippen LogP contribution in [0.3, 0.4) is 0 Å². The Bertz CT molecular complexity index is 414. The second-order valence-corrected chi connectivity index (χ2v) is 3.11. The van der Waals surface area contributed by atoms with E-state index >= 15 is 0 Å². The Morgan fingerprint density at radius 1 is 1.50 bits per heavy atom. The van der Waals surface area contributed by atoms with Gasteiger partial charge in [-0.25, -0.2) is 0 Å². The summed E-state index contributed by atoms with van der Waals surface area (Å²) < 4.78 is 32.9. The van der Waals surface area contributed by atoms with Crippen molar-refractivity contribution < 1.29 is 51.5 Å². The van der Waals surface area contributed by atoms with E-state index in [4.69, 9.17) is 4.55 Å². The third kappa shape index (κ3) is 4.21. The van der Waals surface area contributed by atoms with Gasteiger partial charge in [-0.15, -0.1) is 6.07 Å². The average molecular weight is 224 g/mol. The van der Waals surface area contributed by atoms with Crippen LogP contribution >= 0.6 is 0 Å². The number of rotatable bonds is 3. The van der Waals surface area contributed by atoms with Crippen molar-refractivity contribution in [2.75, 3.05) is 0 Å². The van der Waals surface area contributed by atoms with Gasteiger partial charge in [-0.3, -0.25) is 4.55 Å². The first kappa shape index (κ1) is 13.6. The normalized spacial score (nSPS) is 10.1. The van der Waals surface area contributed by atoms with Crippen LogP contribution < -0.4 is 33.7 Å². The van der Waals surface area contributed by atoms with Crippen LogP contribution in [0.4, 0.5) is 0 Å². The molecule has 5 nitrogen and oxygen atoms in total. The minimum Gasteiger partial charge on any atom is -0.388 e. The average Bonchev–Trinajstić information content (AvgIpc) is 2.02. The molecule has 70 valence electrons. The molecule has 0 aliphatic rings. The van der Waals surface area contributed by atoms with E-state index in [-0.39, 0.29) is 40.9 Å². The largest absolute Gasteiger partial charge is 1.00 e. The Morgan fingerprint density at radius 2 is 2.14 bits per heavy atom. The fourth-order valence-corrected chi connectivity index (χ4v) is 1.06. The maximum Gasteiger partial charge on any atom is 1.00 e. The van der Waals surface area contributed by atoms with Gasteiger partial charge < -0.3 is 8.98 Å². The zero-order valence-electron chi connectivity index (χ0n) is 7.30. The third-order valence-corrected chi connectivity index (χ3v) is 1.54. The van der Waals surface area contributed by atoms with Crippen molar-refractivity contribution in [3.05, 3.63) is 29.8 Å². The fourth-order valence-electron chi connectivity index (χ4n) is 0.705. The van der Waals surface area contributed by atoms with Crippen LogP contribution in [0.5, 0.6) is 5.75 Å². The molecule has 0 aliphatic carbocycles. The second kappa shape index (κ2) is 5.47. The number of carbonyl (C=O) groups excluding carboxylic acids is 1. The van der Waals surface area contributed by atoms with E-state index in [0.717, 1.165) is 0 Å². The van der Waals surface area contributed by atoms with Crippen molar-refractivity contribution in [1.82, 2.24) is 0 Å². The molecule has 0 atom stereocenters. The first-order valence-corrected chi connectivity index (χ1v) is 4.52. The number of para-hydroxylation sites is 1. The van der Waals surface area contributed by atoms with Crippen LogP contribution in [0.1, 0.15) is 10.4 Å². The Morgan fingerprint density at radius 3 is 2.64 bits per heavy atom. The summed E-state index contributed by atoms with van der Waals surface area (Å²) in [6.45, 7) is 0. The predicted octanol–water partition coefficient (Wildman–Crippen LogP) is -2.52. The molecule has 7 heteroatoms. The molecule has 0 spiro atoms. The molecule has 0 saturated heterocycles.